The molecule has 0 heterocycles. The second kappa shape index (κ2) is 3.83. The summed E-state index contributed by atoms with van der Waals surface area (Å²) < 4.78 is 26.4. The molecule has 0 atom stereocenters. The number of benzene rings is 1. The molecule has 0 radical (unpaired) electrons. The van der Waals surface area contributed by atoms with Crippen molar-refractivity contribution in [1.29, 1.82) is 0 Å². The van der Waals surface area contributed by atoms with E-state index in [4.69, 9.17) is 0 Å². The van der Waals surface area contributed by atoms with E-state index in [-0.39, 0.29) is 4.47 Å². The molecule has 1 aromatic rings. The third kappa shape index (κ3) is 1.69. The highest BCUT2D eigenvalue weighted by Crippen LogP contribution is 2.30. The van der Waals surface area contributed by atoms with Gasteiger partial charge in [-0.05, 0) is 34.0 Å². The summed E-state index contributed by atoms with van der Waals surface area (Å²) in [4.78, 5) is 0. The van der Waals surface area contributed by atoms with Gasteiger partial charge in [-0.15, -0.1) is 0 Å². The van der Waals surface area contributed by atoms with E-state index in [1.807, 2.05) is 6.92 Å². The molecule has 1 rings (SSSR count). The molecule has 0 amide bonds. The average Bonchev–Trinajstić information content (AvgIpc) is 2.01. The largest absolute Gasteiger partial charge is 0.204 e. The standard InChI is InChI=1S/C8H6Br2F2/c1-2-4-5(9)3-6(11)8(12)7(4)10/h3H,2H2,1H3. The van der Waals surface area contributed by atoms with E-state index in [0.29, 0.717) is 10.9 Å². The summed E-state index contributed by atoms with van der Waals surface area (Å²) in [5.74, 6) is -1.67. The van der Waals surface area contributed by atoms with Crippen molar-refractivity contribution in [3.8, 4) is 0 Å². The molecule has 0 saturated heterocycles. The van der Waals surface area contributed by atoms with Crippen molar-refractivity contribution in [1.82, 2.24) is 0 Å². The summed E-state index contributed by atoms with van der Waals surface area (Å²) in [6.07, 6.45) is 0.651. The molecular weight excluding hydrogens is 294 g/mol. The van der Waals surface area contributed by atoms with Crippen molar-refractivity contribution in [3.63, 3.8) is 0 Å². The lowest BCUT2D eigenvalue weighted by atomic mass is 10.2. The minimum Gasteiger partial charge on any atom is -0.204 e. The van der Waals surface area contributed by atoms with Crippen LogP contribution in [0, 0.1) is 11.6 Å². The van der Waals surface area contributed by atoms with Gasteiger partial charge in [-0.25, -0.2) is 8.78 Å². The van der Waals surface area contributed by atoms with E-state index in [9.17, 15) is 8.78 Å². The minimum absolute atomic E-state index is 0.205. The first-order valence-electron chi connectivity index (χ1n) is 3.39. The van der Waals surface area contributed by atoms with Crippen molar-refractivity contribution in [2.45, 2.75) is 13.3 Å². The lowest BCUT2D eigenvalue weighted by molar-refractivity contribution is 0.501. The first-order chi connectivity index (χ1) is 5.57. The molecule has 0 aromatic heterocycles. The van der Waals surface area contributed by atoms with E-state index < -0.39 is 11.6 Å². The van der Waals surface area contributed by atoms with Crippen molar-refractivity contribution in [2.75, 3.05) is 0 Å². The van der Waals surface area contributed by atoms with Gasteiger partial charge in [0, 0.05) is 4.47 Å². The van der Waals surface area contributed by atoms with Gasteiger partial charge in [-0.3, -0.25) is 0 Å². The monoisotopic (exact) mass is 298 g/mol. The Bertz CT molecular complexity index is 310. The zero-order valence-electron chi connectivity index (χ0n) is 6.30. The number of halogens is 4. The van der Waals surface area contributed by atoms with Crippen LogP contribution in [0.15, 0.2) is 15.0 Å². The molecule has 0 N–H and O–H groups in total. The van der Waals surface area contributed by atoms with Gasteiger partial charge in [0.05, 0.1) is 4.47 Å². The maximum absolute atomic E-state index is 12.9. The minimum atomic E-state index is -0.842. The van der Waals surface area contributed by atoms with Crippen LogP contribution >= 0.6 is 31.9 Å². The van der Waals surface area contributed by atoms with Gasteiger partial charge in [0.15, 0.2) is 11.6 Å². The van der Waals surface area contributed by atoms with E-state index in [2.05, 4.69) is 31.9 Å². The molecule has 0 bridgehead atoms. The van der Waals surface area contributed by atoms with Crippen LogP contribution in [0.1, 0.15) is 12.5 Å². The topological polar surface area (TPSA) is 0 Å². The summed E-state index contributed by atoms with van der Waals surface area (Å²) in [7, 11) is 0. The van der Waals surface area contributed by atoms with Crippen LogP contribution in [0.4, 0.5) is 8.78 Å². The van der Waals surface area contributed by atoms with Crippen LogP contribution in [-0.2, 0) is 6.42 Å². The molecule has 0 unspecified atom stereocenters. The highest BCUT2D eigenvalue weighted by atomic mass is 79.9. The highest BCUT2D eigenvalue weighted by Gasteiger charge is 2.13. The third-order valence-electron chi connectivity index (χ3n) is 1.56. The molecule has 0 aliphatic rings. The Labute approximate surface area is 86.2 Å². The van der Waals surface area contributed by atoms with Gasteiger partial charge in [-0.1, -0.05) is 22.9 Å². The second-order valence-electron chi connectivity index (χ2n) is 2.30. The second-order valence-corrected chi connectivity index (χ2v) is 3.95. The number of rotatable bonds is 1. The van der Waals surface area contributed by atoms with Gasteiger partial charge in [0.1, 0.15) is 0 Å². The van der Waals surface area contributed by atoms with Gasteiger partial charge >= 0.3 is 0 Å². The SMILES string of the molecule is CCc1c(Br)cc(F)c(F)c1Br. The molecule has 0 saturated carbocycles. The summed E-state index contributed by atoms with van der Waals surface area (Å²) in [6.45, 7) is 1.88. The summed E-state index contributed by atoms with van der Waals surface area (Å²) in [6, 6.07) is 1.14. The lowest BCUT2D eigenvalue weighted by Crippen LogP contribution is -1.93. The Morgan fingerprint density at radius 2 is 1.92 bits per heavy atom. The Balaban J connectivity index is 3.40. The van der Waals surface area contributed by atoms with Crippen molar-refractivity contribution in [3.05, 3.63) is 32.2 Å². The summed E-state index contributed by atoms with van der Waals surface area (Å²) in [5, 5.41) is 0. The molecule has 0 aliphatic heterocycles. The molecule has 0 aliphatic carbocycles. The van der Waals surface area contributed by atoms with Crippen LogP contribution in [0.3, 0.4) is 0 Å². The van der Waals surface area contributed by atoms with Gasteiger partial charge in [-0.2, -0.15) is 0 Å². The maximum Gasteiger partial charge on any atom is 0.173 e. The smallest absolute Gasteiger partial charge is 0.173 e. The first-order valence-corrected chi connectivity index (χ1v) is 4.98. The van der Waals surface area contributed by atoms with Crippen molar-refractivity contribution < 1.29 is 8.78 Å². The van der Waals surface area contributed by atoms with E-state index in [0.717, 1.165) is 11.6 Å². The van der Waals surface area contributed by atoms with E-state index in [1.165, 1.54) is 0 Å². The molecule has 66 valence electrons. The molecular formula is C8H6Br2F2. The van der Waals surface area contributed by atoms with Gasteiger partial charge in [0.25, 0.3) is 0 Å². The zero-order valence-corrected chi connectivity index (χ0v) is 9.47. The van der Waals surface area contributed by atoms with Crippen LogP contribution in [0.5, 0.6) is 0 Å². The molecule has 0 fully saturated rings. The quantitative estimate of drug-likeness (QED) is 0.542. The molecule has 4 heteroatoms. The van der Waals surface area contributed by atoms with Gasteiger partial charge in [0.2, 0.25) is 0 Å². The van der Waals surface area contributed by atoms with Crippen LogP contribution in [0.25, 0.3) is 0 Å². The maximum atomic E-state index is 12.9. The van der Waals surface area contributed by atoms with Crippen molar-refractivity contribution >= 4 is 31.9 Å². The highest BCUT2D eigenvalue weighted by molar-refractivity contribution is 9.11. The van der Waals surface area contributed by atoms with Gasteiger partial charge < -0.3 is 0 Å². The predicted molar refractivity (Wildman–Crippen MR) is 51.1 cm³/mol. The normalized spacial score (nSPS) is 10.4. The molecule has 12 heavy (non-hydrogen) atoms. The molecule has 1 aromatic carbocycles. The Hall–Kier alpha value is 0.0400. The lowest BCUT2D eigenvalue weighted by Gasteiger charge is -2.05. The average molecular weight is 300 g/mol. The Morgan fingerprint density at radius 1 is 1.33 bits per heavy atom. The summed E-state index contributed by atoms with van der Waals surface area (Å²) >= 11 is 6.15. The first kappa shape index (κ1) is 10.1. The predicted octanol–water partition coefficient (Wildman–Crippen LogP) is 4.05. The number of hydrogen-bond acceptors (Lipinski definition) is 0. The van der Waals surface area contributed by atoms with Crippen LogP contribution < -0.4 is 0 Å². The Kier molecular flexibility index (Phi) is 3.23. The zero-order chi connectivity index (χ0) is 9.30. The molecule has 0 spiro atoms. The van der Waals surface area contributed by atoms with Crippen LogP contribution in [0.2, 0.25) is 0 Å². The number of hydrogen-bond donors (Lipinski definition) is 0. The van der Waals surface area contributed by atoms with E-state index >= 15 is 0 Å². The fourth-order valence-electron chi connectivity index (χ4n) is 0.928. The fraction of sp³-hybridized carbons (Fsp3) is 0.250. The summed E-state index contributed by atoms with van der Waals surface area (Å²) in [5.41, 5.74) is 0.744. The third-order valence-corrected chi connectivity index (χ3v) is 3.10. The van der Waals surface area contributed by atoms with E-state index in [1.54, 1.807) is 0 Å². The van der Waals surface area contributed by atoms with Crippen LogP contribution in [-0.4, -0.2) is 0 Å². The molecule has 0 nitrogen and oxygen atoms in total. The fourth-order valence-corrected chi connectivity index (χ4v) is 2.56. The Morgan fingerprint density at radius 3 is 2.42 bits per heavy atom. The van der Waals surface area contributed by atoms with Crippen molar-refractivity contribution in [2.24, 2.45) is 0 Å².